The summed E-state index contributed by atoms with van der Waals surface area (Å²) in [6.45, 7) is 4.08. The first-order valence-corrected chi connectivity index (χ1v) is 6.39. The molecule has 2 N–H and O–H groups in total. The number of nitrogens with zero attached hydrogens (tertiary/aromatic N) is 1. The summed E-state index contributed by atoms with van der Waals surface area (Å²) in [5.74, 6) is 1.42. The zero-order valence-electron chi connectivity index (χ0n) is 10.8. The minimum atomic E-state index is 0.665. The molecule has 1 aliphatic rings. The average molecular weight is 260 g/mol. The van der Waals surface area contributed by atoms with Crippen LogP contribution in [-0.4, -0.2) is 0 Å². The molecule has 0 bridgehead atoms. The summed E-state index contributed by atoms with van der Waals surface area (Å²) >= 11 is 0. The van der Waals surface area contributed by atoms with E-state index in [9.17, 15) is 0 Å². The molecule has 20 heavy (non-hydrogen) atoms. The van der Waals surface area contributed by atoms with Gasteiger partial charge in [0, 0.05) is 17.1 Å². The molecule has 0 radical (unpaired) electrons. The van der Waals surface area contributed by atoms with Crippen LogP contribution in [0.1, 0.15) is 0 Å². The van der Waals surface area contributed by atoms with Crippen molar-refractivity contribution in [3.8, 4) is 11.5 Å². The van der Waals surface area contributed by atoms with Crippen molar-refractivity contribution in [2.45, 2.75) is 0 Å². The number of hydrogen-bond donors (Lipinski definition) is 1. The molecule has 0 spiro atoms. The van der Waals surface area contributed by atoms with Crippen LogP contribution in [0.3, 0.4) is 0 Å². The molecule has 4 rings (SSSR count). The number of ether oxygens (including phenoxy) is 1. The Labute approximate surface area is 115 Å². The van der Waals surface area contributed by atoms with Gasteiger partial charge in [-0.15, -0.1) is 0 Å². The van der Waals surface area contributed by atoms with Crippen LogP contribution < -0.4 is 21.0 Å². The summed E-state index contributed by atoms with van der Waals surface area (Å²) in [4.78, 5) is 4.71. The standard InChI is InChI=1S/C17H12N2O/c1-10-8-16-17(13-5-3-2-4-12(10)13)19-14-7-6-11(18)9-15(14)20-16/h2-9H,1,18H2. The lowest BCUT2D eigenvalue weighted by molar-refractivity contribution is 0.471. The lowest BCUT2D eigenvalue weighted by Crippen LogP contribution is -2.16. The summed E-state index contributed by atoms with van der Waals surface area (Å²) in [7, 11) is 0. The maximum atomic E-state index is 5.93. The van der Waals surface area contributed by atoms with E-state index in [2.05, 4.69) is 6.58 Å². The number of hydrogen-bond acceptors (Lipinski definition) is 3. The zero-order valence-corrected chi connectivity index (χ0v) is 10.8. The molecule has 0 saturated carbocycles. The van der Waals surface area contributed by atoms with Crippen molar-refractivity contribution < 1.29 is 4.74 Å². The van der Waals surface area contributed by atoms with E-state index in [0.717, 1.165) is 32.8 Å². The Kier molecular flexibility index (Phi) is 2.12. The lowest BCUT2D eigenvalue weighted by atomic mass is 10.1. The fourth-order valence-corrected chi connectivity index (χ4v) is 2.54. The van der Waals surface area contributed by atoms with E-state index in [1.165, 1.54) is 0 Å². The molecule has 3 heteroatoms. The Balaban J connectivity index is 2.15. The number of anilines is 1. The van der Waals surface area contributed by atoms with E-state index in [0.29, 0.717) is 11.4 Å². The van der Waals surface area contributed by atoms with Gasteiger partial charge in [-0.2, -0.15) is 0 Å². The second kappa shape index (κ2) is 3.84. The van der Waals surface area contributed by atoms with Gasteiger partial charge in [0.1, 0.15) is 11.0 Å². The maximum absolute atomic E-state index is 5.93. The second-order valence-corrected chi connectivity index (χ2v) is 4.87. The van der Waals surface area contributed by atoms with Crippen LogP contribution >= 0.6 is 0 Å². The molecule has 1 heterocycles. The Hall–Kier alpha value is -2.81. The predicted octanol–water partition coefficient (Wildman–Crippen LogP) is 2.89. The van der Waals surface area contributed by atoms with Gasteiger partial charge in [0.05, 0.1) is 0 Å². The van der Waals surface area contributed by atoms with E-state index >= 15 is 0 Å². The van der Waals surface area contributed by atoms with E-state index in [4.69, 9.17) is 15.5 Å². The first-order valence-electron chi connectivity index (χ1n) is 6.39. The Morgan fingerprint density at radius 3 is 2.60 bits per heavy atom. The quantitative estimate of drug-likeness (QED) is 0.494. The van der Waals surface area contributed by atoms with Gasteiger partial charge in [-0.25, -0.2) is 4.99 Å². The van der Waals surface area contributed by atoms with E-state index in [1.807, 2.05) is 42.5 Å². The third-order valence-electron chi connectivity index (χ3n) is 3.50. The number of fused-ring (bicyclic) bond motifs is 4. The molecule has 3 aromatic carbocycles. The third-order valence-corrected chi connectivity index (χ3v) is 3.50. The third kappa shape index (κ3) is 1.50. The van der Waals surface area contributed by atoms with Gasteiger partial charge in [-0.05, 0) is 28.8 Å². The van der Waals surface area contributed by atoms with Crippen LogP contribution in [0.2, 0.25) is 0 Å². The van der Waals surface area contributed by atoms with Crippen molar-refractivity contribution >= 4 is 28.7 Å². The van der Waals surface area contributed by atoms with Crippen LogP contribution in [0.4, 0.5) is 11.4 Å². The van der Waals surface area contributed by atoms with Crippen LogP contribution in [-0.2, 0) is 0 Å². The summed E-state index contributed by atoms with van der Waals surface area (Å²) in [6.07, 6.45) is 0. The van der Waals surface area contributed by atoms with Crippen molar-refractivity contribution in [2.24, 2.45) is 4.99 Å². The van der Waals surface area contributed by atoms with Gasteiger partial charge in [0.2, 0.25) is 0 Å². The van der Waals surface area contributed by atoms with Crippen molar-refractivity contribution in [3.05, 3.63) is 59.1 Å². The highest BCUT2D eigenvalue weighted by molar-refractivity contribution is 5.85. The summed E-state index contributed by atoms with van der Waals surface area (Å²) in [5, 5.41) is 3.93. The maximum Gasteiger partial charge on any atom is 0.155 e. The van der Waals surface area contributed by atoms with Gasteiger partial charge in [0.15, 0.2) is 11.5 Å². The minimum Gasteiger partial charge on any atom is -0.453 e. The fourth-order valence-electron chi connectivity index (χ4n) is 2.54. The average Bonchev–Trinajstić information content (AvgIpc) is 2.46. The van der Waals surface area contributed by atoms with Crippen molar-refractivity contribution in [2.75, 3.05) is 5.73 Å². The molecule has 0 fully saturated rings. The topological polar surface area (TPSA) is 47.6 Å². The van der Waals surface area contributed by atoms with Crippen LogP contribution in [0.15, 0.2) is 53.5 Å². The Morgan fingerprint density at radius 2 is 1.75 bits per heavy atom. The van der Waals surface area contributed by atoms with Gasteiger partial charge in [0.25, 0.3) is 0 Å². The molecule has 0 aliphatic carbocycles. The van der Waals surface area contributed by atoms with Crippen molar-refractivity contribution in [1.82, 2.24) is 0 Å². The van der Waals surface area contributed by atoms with E-state index < -0.39 is 0 Å². The highest BCUT2D eigenvalue weighted by atomic mass is 16.5. The molecule has 0 atom stereocenters. The normalized spacial score (nSPS) is 12.2. The lowest BCUT2D eigenvalue weighted by Gasteiger charge is -2.15. The molecular formula is C17H12N2O. The first kappa shape index (κ1) is 11.1. The molecular weight excluding hydrogens is 248 g/mol. The first-order chi connectivity index (χ1) is 9.72. The van der Waals surface area contributed by atoms with Gasteiger partial charge in [-0.3, -0.25) is 0 Å². The molecule has 0 aromatic heterocycles. The highest BCUT2D eigenvalue weighted by Gasteiger charge is 2.14. The van der Waals surface area contributed by atoms with Gasteiger partial charge < -0.3 is 10.5 Å². The number of nitrogens with two attached hydrogens (primary N) is 1. The van der Waals surface area contributed by atoms with Crippen molar-refractivity contribution in [1.29, 1.82) is 0 Å². The van der Waals surface area contributed by atoms with Crippen LogP contribution in [0, 0.1) is 0 Å². The molecule has 3 aromatic rings. The molecule has 1 aliphatic heterocycles. The van der Waals surface area contributed by atoms with Gasteiger partial charge >= 0.3 is 0 Å². The van der Waals surface area contributed by atoms with Gasteiger partial charge in [-0.1, -0.05) is 30.8 Å². The largest absolute Gasteiger partial charge is 0.453 e. The van der Waals surface area contributed by atoms with Crippen LogP contribution in [0.25, 0.3) is 17.4 Å². The second-order valence-electron chi connectivity index (χ2n) is 4.87. The highest BCUT2D eigenvalue weighted by Crippen LogP contribution is 2.35. The van der Waals surface area contributed by atoms with Crippen LogP contribution in [0.5, 0.6) is 11.5 Å². The number of rotatable bonds is 0. The van der Waals surface area contributed by atoms with Crippen molar-refractivity contribution in [3.63, 3.8) is 0 Å². The monoisotopic (exact) mass is 260 g/mol. The summed E-state index contributed by atoms with van der Waals surface area (Å²) in [6, 6.07) is 15.5. The van der Waals surface area contributed by atoms with E-state index in [1.54, 1.807) is 6.07 Å². The molecule has 96 valence electrons. The number of nitrogen functional groups attached to an aromatic ring is 1. The SMILES string of the molecule is C=c1cc2c(c3ccccc13)=Nc1ccc(N)cc1O2. The Bertz CT molecular complexity index is 961. The molecule has 3 nitrogen and oxygen atoms in total. The summed E-state index contributed by atoms with van der Waals surface area (Å²) in [5.41, 5.74) is 7.25. The predicted molar refractivity (Wildman–Crippen MR) is 80.8 cm³/mol. The number of benzene rings is 3. The summed E-state index contributed by atoms with van der Waals surface area (Å²) < 4.78 is 5.93. The Morgan fingerprint density at radius 1 is 0.950 bits per heavy atom. The molecule has 0 saturated heterocycles. The minimum absolute atomic E-state index is 0.665. The smallest absolute Gasteiger partial charge is 0.155 e. The van der Waals surface area contributed by atoms with E-state index in [-0.39, 0.29) is 0 Å². The zero-order chi connectivity index (χ0) is 13.7. The molecule has 0 amide bonds. The fraction of sp³-hybridized carbons (Fsp3) is 0. The molecule has 0 unspecified atom stereocenters.